The highest BCUT2D eigenvalue weighted by Gasteiger charge is 2.74. The van der Waals surface area contributed by atoms with Gasteiger partial charge in [-0.25, -0.2) is 14.4 Å². The van der Waals surface area contributed by atoms with Crippen molar-refractivity contribution >= 4 is 23.9 Å². The molecule has 83 heavy (non-hydrogen) atoms. The molecule has 8 rings (SSSR count). The lowest BCUT2D eigenvalue weighted by molar-refractivity contribution is -0.374. The Labute approximate surface area is 485 Å². The van der Waals surface area contributed by atoms with Gasteiger partial charge in [-0.1, -0.05) is 72.3 Å². The Morgan fingerprint density at radius 2 is 1.27 bits per heavy atom. The van der Waals surface area contributed by atoms with Gasteiger partial charge in [-0.15, -0.1) is 0 Å². The number of allylic oxidation sites excluding steroid dienone is 4. The molecule has 0 amide bonds. The van der Waals surface area contributed by atoms with Gasteiger partial charge in [-0.3, -0.25) is 4.79 Å². The zero-order valence-corrected chi connectivity index (χ0v) is 50.1. The Bertz CT molecular complexity index is 2510. The van der Waals surface area contributed by atoms with Crippen molar-refractivity contribution in [2.45, 2.75) is 251 Å². The summed E-state index contributed by atoms with van der Waals surface area (Å²) in [6.07, 6.45) is -20.5. The molecule has 470 valence electrons. The molecule has 3 heterocycles. The second-order valence-corrected chi connectivity index (χ2v) is 27.0. The van der Waals surface area contributed by atoms with Crippen LogP contribution in [0.1, 0.15) is 135 Å². The van der Waals surface area contributed by atoms with Crippen molar-refractivity contribution in [3.63, 3.8) is 0 Å². The van der Waals surface area contributed by atoms with E-state index in [-0.39, 0.29) is 34.8 Å². The standard InChI is InChI=1S/C60H92O23/c1-14-26(3)50(73)79-43-28(5)75-53(42(70)44(43)80-51(74)27(4)15-2)83-47-48(76-29(6)63)60(25-62)31(22-55(47,7)8)30-16-17-34-57(11)20-19-36(56(9,10)33(57)18-21-58(34,12)59(30,13)23-35(60)64)78-54-46(40(68)39(67)45(81-54)49(71)72)82-52-41(69)38(66)37(65)32(24-61)77-52/h14-16,28,31-48,52-54,61-62,64-70H,17-25H2,1-13H3,(H,71,72). The molecule has 0 aromatic heterocycles. The van der Waals surface area contributed by atoms with Crippen LogP contribution in [0.2, 0.25) is 0 Å². The number of rotatable bonds is 14. The lowest BCUT2D eigenvalue weighted by Gasteiger charge is -2.72. The van der Waals surface area contributed by atoms with Gasteiger partial charge in [0, 0.05) is 18.1 Å². The predicted octanol–water partition coefficient (Wildman–Crippen LogP) is 2.25. The summed E-state index contributed by atoms with van der Waals surface area (Å²) in [5, 5.41) is 111. The first-order chi connectivity index (χ1) is 38.7. The average molecular weight is 1180 g/mol. The minimum Gasteiger partial charge on any atom is -0.479 e. The van der Waals surface area contributed by atoms with E-state index in [0.29, 0.717) is 38.5 Å². The van der Waals surface area contributed by atoms with Crippen molar-refractivity contribution < 1.29 is 113 Å². The molecule has 3 saturated heterocycles. The molecule has 0 spiro atoms. The van der Waals surface area contributed by atoms with Crippen LogP contribution in [-0.4, -0.2) is 205 Å². The molecule has 10 N–H and O–H groups in total. The summed E-state index contributed by atoms with van der Waals surface area (Å²) >= 11 is 0. The smallest absolute Gasteiger partial charge is 0.335 e. The number of carboxylic acids is 1. The normalized spacial score (nSPS) is 47.8. The van der Waals surface area contributed by atoms with Crippen molar-refractivity contribution in [2.24, 2.45) is 50.2 Å². The number of fused-ring (bicyclic) bond motifs is 7. The van der Waals surface area contributed by atoms with E-state index in [0.717, 1.165) is 5.57 Å². The van der Waals surface area contributed by atoms with E-state index in [4.69, 9.17) is 42.6 Å². The molecule has 0 aromatic rings. The third-order valence-corrected chi connectivity index (χ3v) is 21.8. The van der Waals surface area contributed by atoms with Crippen molar-refractivity contribution in [1.29, 1.82) is 0 Å². The second kappa shape index (κ2) is 23.9. The topological polar surface area (TPSA) is 354 Å². The lowest BCUT2D eigenvalue weighted by atomic mass is 9.33. The lowest BCUT2D eigenvalue weighted by Crippen LogP contribution is -2.73. The number of carboxylic acid groups (broad SMARTS) is 1. The predicted molar refractivity (Wildman–Crippen MR) is 289 cm³/mol. The molecule has 26 unspecified atom stereocenters. The molecule has 3 aliphatic heterocycles. The number of aliphatic hydroxyl groups is 9. The summed E-state index contributed by atoms with van der Waals surface area (Å²) in [6.45, 7) is 22.6. The summed E-state index contributed by atoms with van der Waals surface area (Å²) in [5.41, 5.74) is -3.12. The van der Waals surface area contributed by atoms with E-state index < -0.39 is 187 Å². The van der Waals surface area contributed by atoms with Gasteiger partial charge in [0.25, 0.3) is 0 Å². The highest BCUT2D eigenvalue weighted by Crippen LogP contribution is 2.76. The van der Waals surface area contributed by atoms with Gasteiger partial charge in [0.1, 0.15) is 61.0 Å². The van der Waals surface area contributed by atoms with Crippen molar-refractivity contribution in [3.05, 3.63) is 34.9 Å². The molecule has 0 radical (unpaired) electrons. The van der Waals surface area contributed by atoms with E-state index >= 15 is 0 Å². The average Bonchev–Trinajstić information content (AvgIpc) is 0.742. The maximum atomic E-state index is 13.4. The van der Waals surface area contributed by atoms with Gasteiger partial charge >= 0.3 is 23.9 Å². The summed E-state index contributed by atoms with van der Waals surface area (Å²) in [6, 6.07) is 0. The number of hydrogen-bond donors (Lipinski definition) is 10. The fourth-order valence-corrected chi connectivity index (χ4v) is 16.7. The summed E-state index contributed by atoms with van der Waals surface area (Å²) in [7, 11) is 0. The van der Waals surface area contributed by atoms with Gasteiger partial charge in [-0.05, 0) is 124 Å². The molecule has 0 bridgehead atoms. The largest absolute Gasteiger partial charge is 0.479 e. The Hall–Kier alpha value is -3.50. The van der Waals surface area contributed by atoms with Crippen molar-refractivity contribution in [2.75, 3.05) is 13.2 Å². The van der Waals surface area contributed by atoms with Crippen LogP contribution in [0.3, 0.4) is 0 Å². The minimum atomic E-state index is -2.02. The van der Waals surface area contributed by atoms with Crippen LogP contribution in [0.15, 0.2) is 34.9 Å². The van der Waals surface area contributed by atoms with Crippen LogP contribution in [0.5, 0.6) is 0 Å². The van der Waals surface area contributed by atoms with Crippen LogP contribution < -0.4 is 0 Å². The minimum absolute atomic E-state index is 0.0191. The number of aliphatic carboxylic acids is 1. The Morgan fingerprint density at radius 1 is 0.651 bits per heavy atom. The molecule has 4 saturated carbocycles. The molecule has 23 nitrogen and oxygen atoms in total. The third-order valence-electron chi connectivity index (χ3n) is 21.8. The first-order valence-corrected chi connectivity index (χ1v) is 29.4. The molecule has 23 heteroatoms. The molecule has 0 aromatic carbocycles. The maximum absolute atomic E-state index is 13.4. The van der Waals surface area contributed by atoms with Crippen molar-refractivity contribution in [3.8, 4) is 0 Å². The fraction of sp³-hybridized carbons (Fsp3) is 0.833. The maximum Gasteiger partial charge on any atom is 0.335 e. The van der Waals surface area contributed by atoms with E-state index in [1.54, 1.807) is 33.8 Å². The van der Waals surface area contributed by atoms with E-state index in [1.165, 1.54) is 19.9 Å². The van der Waals surface area contributed by atoms with Crippen LogP contribution in [-0.2, 0) is 61.8 Å². The fourth-order valence-electron chi connectivity index (χ4n) is 16.7. The number of carbonyl (C=O) groups excluding carboxylic acids is 3. The highest BCUT2D eigenvalue weighted by molar-refractivity contribution is 5.88. The highest BCUT2D eigenvalue weighted by atomic mass is 16.8. The van der Waals surface area contributed by atoms with Gasteiger partial charge in [0.15, 0.2) is 37.2 Å². The first-order valence-electron chi connectivity index (χ1n) is 29.4. The molecule has 26 atom stereocenters. The number of hydrogen-bond acceptors (Lipinski definition) is 22. The number of aliphatic hydroxyl groups excluding tert-OH is 9. The number of carbonyl (C=O) groups is 4. The van der Waals surface area contributed by atoms with Gasteiger partial charge in [0.2, 0.25) is 0 Å². The van der Waals surface area contributed by atoms with Gasteiger partial charge in [-0.2, -0.15) is 0 Å². The van der Waals surface area contributed by atoms with Crippen LogP contribution >= 0.6 is 0 Å². The van der Waals surface area contributed by atoms with E-state index in [2.05, 4.69) is 40.7 Å². The molecule has 8 aliphatic rings. The zero-order chi connectivity index (χ0) is 61.6. The van der Waals surface area contributed by atoms with Crippen molar-refractivity contribution in [1.82, 2.24) is 0 Å². The van der Waals surface area contributed by atoms with Gasteiger partial charge < -0.3 is 93.7 Å². The Balaban J connectivity index is 1.08. The Kier molecular flexibility index (Phi) is 18.8. The van der Waals surface area contributed by atoms with E-state index in [1.807, 2.05) is 13.8 Å². The monoisotopic (exact) mass is 1180 g/mol. The molecule has 5 aliphatic carbocycles. The van der Waals surface area contributed by atoms with Crippen LogP contribution in [0, 0.1) is 50.2 Å². The molecule has 7 fully saturated rings. The first kappa shape index (κ1) is 65.5. The SMILES string of the molecule is CC=C(C)C(=O)OC1C(C)OC(OC2C(OC(C)=O)C3(CO)C(O)CC4(C)C(=CCC5C6(C)CCC(OC7OC(C(=O)O)C(O)C(O)C7OC7OC(CO)C(O)C(O)C7O)C(C)(C)C6CCC54C)C3CC2(C)C)C(O)C1OC(=O)C(C)=CC. The summed E-state index contributed by atoms with van der Waals surface area (Å²) in [4.78, 5) is 52.3. The Morgan fingerprint density at radius 3 is 1.84 bits per heavy atom. The number of ether oxygens (including phenoxy) is 9. The van der Waals surface area contributed by atoms with E-state index in [9.17, 15) is 70.2 Å². The molecular formula is C60H92O23. The second-order valence-electron chi connectivity index (χ2n) is 27.0. The van der Waals surface area contributed by atoms with Crippen LogP contribution in [0.4, 0.5) is 0 Å². The summed E-state index contributed by atoms with van der Waals surface area (Å²) < 4.78 is 55.2. The quantitative estimate of drug-likeness (QED) is 0.0392. The van der Waals surface area contributed by atoms with Crippen LogP contribution in [0.25, 0.3) is 0 Å². The molecular weight excluding hydrogens is 1090 g/mol. The van der Waals surface area contributed by atoms with Gasteiger partial charge in [0.05, 0.1) is 36.9 Å². The third kappa shape index (κ3) is 10.9. The summed E-state index contributed by atoms with van der Waals surface area (Å²) in [5.74, 6) is -4.34. The zero-order valence-electron chi connectivity index (χ0n) is 50.1. The number of esters is 3.